The van der Waals surface area contributed by atoms with Crippen LogP contribution in [0.1, 0.15) is 47.1 Å². The monoisotopic (exact) mass is 592 g/mol. The van der Waals surface area contributed by atoms with Crippen molar-refractivity contribution in [3.8, 4) is 28.2 Å². The van der Waals surface area contributed by atoms with Crippen LogP contribution in [0.25, 0.3) is 28.2 Å². The number of hydrogen-bond acceptors (Lipinski definition) is 5. The summed E-state index contributed by atoms with van der Waals surface area (Å²) in [5, 5.41) is 15.4. The molecule has 3 aromatic carbocycles. The molecule has 0 saturated carbocycles. The summed E-state index contributed by atoms with van der Waals surface area (Å²) in [4.78, 5) is 27.9. The molecule has 7 nitrogen and oxygen atoms in total. The fraction of sp³-hybridized carbons (Fsp3) is 0.172. The molecule has 0 spiro atoms. The van der Waals surface area contributed by atoms with E-state index in [1.165, 1.54) is 4.68 Å². The van der Waals surface area contributed by atoms with Gasteiger partial charge in [0.05, 0.1) is 16.4 Å². The number of benzene rings is 3. The minimum atomic E-state index is -1.04. The summed E-state index contributed by atoms with van der Waals surface area (Å²) < 4.78 is 4.44. The van der Waals surface area contributed by atoms with Gasteiger partial charge in [0.15, 0.2) is 11.5 Å². The Hall–Kier alpha value is -2.01. The Bertz CT molecular complexity index is 1660. The fourth-order valence-corrected chi connectivity index (χ4v) is 5.23. The molecule has 5 rings (SSSR count). The number of rotatable bonds is 9. The van der Waals surface area contributed by atoms with E-state index in [4.69, 9.17) is 16.7 Å². The number of halogens is 1. The molecule has 0 aliphatic rings. The molecule has 0 amide bonds. The van der Waals surface area contributed by atoms with Crippen molar-refractivity contribution in [3.63, 3.8) is 0 Å². The van der Waals surface area contributed by atoms with Gasteiger partial charge in [-0.25, -0.2) is 9.48 Å². The molecule has 196 valence electrons. The van der Waals surface area contributed by atoms with E-state index >= 15 is 0 Å². The molecule has 0 aliphatic carbocycles. The molecule has 5 aromatic rings. The number of hydrogen-bond donors (Lipinski definition) is 2. The van der Waals surface area contributed by atoms with Crippen molar-refractivity contribution < 1.29 is 9.90 Å². The summed E-state index contributed by atoms with van der Waals surface area (Å²) in [5.74, 6) is -0.503. The number of nitrogens with one attached hydrogen (secondary N) is 1. The summed E-state index contributed by atoms with van der Waals surface area (Å²) in [6.45, 7) is 2.10. The van der Waals surface area contributed by atoms with Crippen LogP contribution in [0.3, 0.4) is 0 Å². The van der Waals surface area contributed by atoms with Crippen LogP contribution in [0.15, 0.2) is 77.6 Å². The fourth-order valence-electron chi connectivity index (χ4n) is 4.54. The zero-order chi connectivity index (χ0) is 26.6. The summed E-state index contributed by atoms with van der Waals surface area (Å²) in [6, 6.07) is 22.9. The molecule has 2 heterocycles. The van der Waals surface area contributed by atoms with Crippen LogP contribution in [0, 0.1) is 0 Å². The molecule has 0 fully saturated rings. The summed E-state index contributed by atoms with van der Waals surface area (Å²) >= 11 is 7.38. The van der Waals surface area contributed by atoms with Crippen LogP contribution in [-0.2, 0) is 12.8 Å². The first-order chi connectivity index (χ1) is 18.5. The van der Waals surface area contributed by atoms with Gasteiger partial charge in [-0.1, -0.05) is 85.6 Å². The predicted octanol–water partition coefficient (Wildman–Crippen LogP) is 5.34. The average molecular weight is 593 g/mol. The van der Waals surface area contributed by atoms with Gasteiger partial charge in [-0.3, -0.25) is 9.17 Å². The summed E-state index contributed by atoms with van der Waals surface area (Å²) in [5.41, 5.74) is 5.86. The summed E-state index contributed by atoms with van der Waals surface area (Å²) in [7, 11) is 0. The number of para-hydroxylation sites is 1. The first-order valence-electron chi connectivity index (χ1n) is 12.3. The molecule has 40 heavy (non-hydrogen) atoms. The zero-order valence-corrected chi connectivity index (χ0v) is 22.2. The van der Waals surface area contributed by atoms with Crippen LogP contribution in [0.4, 0.5) is 0 Å². The second-order valence-electron chi connectivity index (χ2n) is 8.90. The summed E-state index contributed by atoms with van der Waals surface area (Å²) in [6.07, 6.45) is 2.98. The van der Waals surface area contributed by atoms with Gasteiger partial charge in [-0.05, 0) is 41.7 Å². The Labute approximate surface area is 285 Å². The van der Waals surface area contributed by atoms with Crippen LogP contribution in [0.5, 0.6) is 0 Å². The van der Waals surface area contributed by atoms with E-state index in [2.05, 4.69) is 16.3 Å². The van der Waals surface area contributed by atoms with Crippen molar-refractivity contribution >= 4 is 88.2 Å². The third-order valence-electron chi connectivity index (χ3n) is 6.38. The minimum absolute atomic E-state index is 0. The van der Waals surface area contributed by atoms with Crippen LogP contribution in [-0.4, -0.2) is 89.3 Å². The molecular weight excluding hydrogens is 566 g/mol. The number of carboxylic acids is 1. The van der Waals surface area contributed by atoms with Gasteiger partial charge >= 0.3 is 70.0 Å². The van der Waals surface area contributed by atoms with Gasteiger partial charge in [0.25, 0.3) is 0 Å². The zero-order valence-electron chi connectivity index (χ0n) is 20.6. The van der Waals surface area contributed by atoms with Crippen molar-refractivity contribution in [1.29, 1.82) is 0 Å². The SMILES string of the molecule is CCCCc1nn(-c2ccccc2Cl)c(C(=O)O)c1Cc1ccc(-c2ccccc2-c2nc(=O)s[nH]2)cc1.[NaH].[NaH]. The second kappa shape index (κ2) is 14.8. The number of carbonyl (C=O) groups is 1. The predicted molar refractivity (Wildman–Crippen MR) is 165 cm³/mol. The molecule has 2 aromatic heterocycles. The van der Waals surface area contributed by atoms with E-state index < -0.39 is 5.97 Å². The molecule has 0 bridgehead atoms. The van der Waals surface area contributed by atoms with Crippen LogP contribution >= 0.6 is 23.1 Å². The van der Waals surface area contributed by atoms with Crippen molar-refractivity contribution in [1.82, 2.24) is 19.1 Å². The van der Waals surface area contributed by atoms with Gasteiger partial charge in [-0.2, -0.15) is 10.1 Å². The van der Waals surface area contributed by atoms with Crippen molar-refractivity contribution in [2.24, 2.45) is 0 Å². The molecule has 2 N–H and O–H groups in total. The molecule has 0 unspecified atom stereocenters. The normalized spacial score (nSPS) is 10.6. The molecule has 0 radical (unpaired) electrons. The average Bonchev–Trinajstić information content (AvgIpc) is 3.51. The van der Waals surface area contributed by atoms with Crippen LogP contribution < -0.4 is 4.87 Å². The van der Waals surface area contributed by atoms with Gasteiger partial charge in [0, 0.05) is 29.1 Å². The molecule has 0 atom stereocenters. The van der Waals surface area contributed by atoms with Gasteiger partial charge < -0.3 is 5.11 Å². The third kappa shape index (κ3) is 7.06. The molecule has 11 heteroatoms. The number of aromatic amines is 1. The molecule has 0 aliphatic heterocycles. The van der Waals surface area contributed by atoms with Gasteiger partial charge in [0.1, 0.15) is 0 Å². The van der Waals surface area contributed by atoms with E-state index in [-0.39, 0.29) is 69.7 Å². The maximum absolute atomic E-state index is 12.5. The van der Waals surface area contributed by atoms with E-state index in [9.17, 15) is 14.7 Å². The van der Waals surface area contributed by atoms with Gasteiger partial charge in [0.2, 0.25) is 0 Å². The number of carboxylic acid groups (broad SMARTS) is 1. The van der Waals surface area contributed by atoms with Crippen LogP contribution in [0.2, 0.25) is 5.02 Å². The van der Waals surface area contributed by atoms with Crippen molar-refractivity contribution in [2.75, 3.05) is 0 Å². The van der Waals surface area contributed by atoms with E-state index in [0.717, 1.165) is 52.3 Å². The Morgan fingerprint density at radius 1 is 1.00 bits per heavy atom. The van der Waals surface area contributed by atoms with Crippen molar-refractivity contribution in [2.45, 2.75) is 32.6 Å². The maximum atomic E-state index is 12.5. The number of aromatic carboxylic acids is 1. The van der Waals surface area contributed by atoms with E-state index in [1.54, 1.807) is 18.2 Å². The number of aryl methyl sites for hydroxylation is 1. The number of H-pyrrole nitrogens is 1. The first-order valence-corrected chi connectivity index (χ1v) is 13.5. The quantitative estimate of drug-likeness (QED) is 0.225. The number of nitrogens with zero attached hydrogens (tertiary/aromatic N) is 3. The Morgan fingerprint density at radius 3 is 2.30 bits per heavy atom. The molecule has 0 saturated heterocycles. The Balaban J connectivity index is 0.00000220. The third-order valence-corrected chi connectivity index (χ3v) is 7.26. The second-order valence-corrected chi connectivity index (χ2v) is 10.1. The Kier molecular flexibility index (Phi) is 12.0. The van der Waals surface area contributed by atoms with E-state index in [1.807, 2.05) is 54.6 Å². The number of aromatic nitrogens is 4. The first kappa shape index (κ1) is 32.5. The molecular formula is C29H27ClN4Na2O3S. The van der Waals surface area contributed by atoms with Crippen molar-refractivity contribution in [3.05, 3.63) is 110 Å². The topological polar surface area (TPSA) is 101 Å². The Morgan fingerprint density at radius 2 is 1.68 bits per heavy atom. The van der Waals surface area contributed by atoms with E-state index in [0.29, 0.717) is 34.9 Å². The number of unbranched alkanes of at least 4 members (excludes halogenated alkanes) is 1. The standard InChI is InChI=1S/C29H25ClN4O3S.2Na.2H/c1-2-3-11-24-22(26(28(35)36)34(32-24)25-12-7-6-10-23(25)30)17-18-13-15-19(16-14-18)20-8-4-5-9-21(20)27-31-29(37)38-33-27;;;;/h4-10,12-16H,2-3,11,17H2,1H3,(H,35,36)(H,31,33,37);;;;. The van der Waals surface area contributed by atoms with Gasteiger partial charge in [-0.15, -0.1) is 0 Å².